The van der Waals surface area contributed by atoms with Crippen LogP contribution >= 0.6 is 0 Å². The van der Waals surface area contributed by atoms with Crippen molar-refractivity contribution in [1.82, 2.24) is 14.9 Å². The molecule has 3 heterocycles. The number of piperidine rings is 1. The highest BCUT2D eigenvalue weighted by atomic mass is 15.2. The van der Waals surface area contributed by atoms with Gasteiger partial charge in [-0.1, -0.05) is 44.8 Å². The minimum Gasteiger partial charge on any atom is -0.356 e. The van der Waals surface area contributed by atoms with Gasteiger partial charge in [0, 0.05) is 38.4 Å². The molecule has 1 aromatic rings. The van der Waals surface area contributed by atoms with Crippen molar-refractivity contribution < 1.29 is 0 Å². The molecular formula is C25H43N5. The van der Waals surface area contributed by atoms with Crippen LogP contribution in [0, 0.1) is 0 Å². The van der Waals surface area contributed by atoms with Crippen LogP contribution < -0.4 is 10.2 Å². The summed E-state index contributed by atoms with van der Waals surface area (Å²) in [6.45, 7) is 8.12. The molecule has 0 spiro atoms. The van der Waals surface area contributed by atoms with Crippen molar-refractivity contribution in [1.29, 1.82) is 0 Å². The molecule has 168 valence electrons. The first-order valence-electron chi connectivity index (χ1n) is 12.6. The summed E-state index contributed by atoms with van der Waals surface area (Å²) in [5.74, 6) is 1.90. The highest BCUT2D eigenvalue weighted by Crippen LogP contribution is 2.20. The number of hydrogen-bond acceptors (Lipinski definition) is 5. The lowest BCUT2D eigenvalue weighted by Gasteiger charge is -2.32. The standard InChI is InChI=1S/C25H43N5/c1-2-3-4-5-6-7-8-11-18-29-21-15-23(16-22-29)27-25-26-17-14-24(28-25)30-19-12-9-10-13-20-30/h6-7,14,17,23H,2-5,8-13,15-16,18-22H2,1H3,(H,26,27,28). The average molecular weight is 414 g/mol. The quantitative estimate of drug-likeness (QED) is 0.375. The number of anilines is 2. The molecule has 0 unspecified atom stereocenters. The van der Waals surface area contributed by atoms with Gasteiger partial charge in [-0.25, -0.2) is 4.98 Å². The second-order valence-electron chi connectivity index (χ2n) is 9.01. The van der Waals surface area contributed by atoms with Crippen molar-refractivity contribution >= 4 is 11.8 Å². The highest BCUT2D eigenvalue weighted by Gasteiger charge is 2.20. The Morgan fingerprint density at radius 1 is 0.967 bits per heavy atom. The summed E-state index contributed by atoms with van der Waals surface area (Å²) in [6, 6.07) is 2.57. The molecule has 0 aromatic carbocycles. The van der Waals surface area contributed by atoms with Crippen molar-refractivity contribution in [2.45, 2.75) is 90.0 Å². The summed E-state index contributed by atoms with van der Waals surface area (Å²) in [5, 5.41) is 3.61. The van der Waals surface area contributed by atoms with Gasteiger partial charge in [0.05, 0.1) is 0 Å². The Labute approximate surface area is 184 Å². The van der Waals surface area contributed by atoms with Crippen LogP contribution in [-0.2, 0) is 0 Å². The van der Waals surface area contributed by atoms with Gasteiger partial charge >= 0.3 is 0 Å². The maximum absolute atomic E-state index is 4.83. The lowest BCUT2D eigenvalue weighted by Crippen LogP contribution is -2.39. The van der Waals surface area contributed by atoms with Crippen LogP contribution in [0.3, 0.4) is 0 Å². The van der Waals surface area contributed by atoms with E-state index in [0.29, 0.717) is 6.04 Å². The highest BCUT2D eigenvalue weighted by molar-refractivity contribution is 5.43. The number of nitrogens with zero attached hydrogens (tertiary/aromatic N) is 4. The zero-order chi connectivity index (χ0) is 20.9. The predicted octanol–water partition coefficient (Wildman–Crippen LogP) is 5.65. The predicted molar refractivity (Wildman–Crippen MR) is 128 cm³/mol. The SMILES string of the molecule is CCCCCC=CCCCN1CCC(Nc2nccc(N3CCCCCC3)n2)CC1. The smallest absolute Gasteiger partial charge is 0.224 e. The molecule has 1 N–H and O–H groups in total. The first-order valence-corrected chi connectivity index (χ1v) is 12.6. The van der Waals surface area contributed by atoms with Crippen LogP contribution in [0.15, 0.2) is 24.4 Å². The molecule has 0 saturated carbocycles. The fraction of sp³-hybridized carbons (Fsp3) is 0.760. The van der Waals surface area contributed by atoms with E-state index in [4.69, 9.17) is 4.98 Å². The molecule has 2 aliphatic heterocycles. The molecule has 0 aliphatic carbocycles. The molecule has 0 radical (unpaired) electrons. The van der Waals surface area contributed by atoms with Crippen LogP contribution in [0.4, 0.5) is 11.8 Å². The monoisotopic (exact) mass is 413 g/mol. The molecule has 0 bridgehead atoms. The van der Waals surface area contributed by atoms with E-state index in [1.807, 2.05) is 6.20 Å². The van der Waals surface area contributed by atoms with Crippen molar-refractivity contribution in [2.75, 3.05) is 42.9 Å². The third-order valence-electron chi connectivity index (χ3n) is 6.48. The number of allylic oxidation sites excluding steroid dienone is 2. The van der Waals surface area contributed by atoms with Crippen LogP contribution in [0.1, 0.15) is 84.0 Å². The third-order valence-corrected chi connectivity index (χ3v) is 6.48. The van der Waals surface area contributed by atoms with E-state index in [2.05, 4.69) is 45.2 Å². The molecule has 3 rings (SSSR count). The number of unbranched alkanes of at least 4 members (excludes halogenated alkanes) is 4. The molecule has 2 fully saturated rings. The second kappa shape index (κ2) is 13.6. The molecule has 2 aliphatic rings. The largest absolute Gasteiger partial charge is 0.356 e. The molecule has 5 heteroatoms. The lowest BCUT2D eigenvalue weighted by molar-refractivity contribution is 0.217. The van der Waals surface area contributed by atoms with E-state index >= 15 is 0 Å². The van der Waals surface area contributed by atoms with Gasteiger partial charge in [-0.05, 0) is 64.0 Å². The Balaban J connectivity index is 1.33. The maximum Gasteiger partial charge on any atom is 0.224 e. The fourth-order valence-electron chi connectivity index (χ4n) is 4.56. The van der Waals surface area contributed by atoms with Crippen molar-refractivity contribution in [3.05, 3.63) is 24.4 Å². The average Bonchev–Trinajstić information content (AvgIpc) is 3.07. The minimum absolute atomic E-state index is 0.499. The van der Waals surface area contributed by atoms with Crippen LogP contribution in [0.2, 0.25) is 0 Å². The molecule has 0 amide bonds. The van der Waals surface area contributed by atoms with Gasteiger partial charge in [0.2, 0.25) is 5.95 Å². The van der Waals surface area contributed by atoms with Crippen molar-refractivity contribution in [3.63, 3.8) is 0 Å². The zero-order valence-corrected chi connectivity index (χ0v) is 19.2. The third kappa shape index (κ3) is 8.25. The number of rotatable bonds is 11. The topological polar surface area (TPSA) is 44.3 Å². The fourth-order valence-corrected chi connectivity index (χ4v) is 4.56. The second-order valence-corrected chi connectivity index (χ2v) is 9.01. The Hall–Kier alpha value is -1.62. The van der Waals surface area contributed by atoms with Gasteiger partial charge in [-0.15, -0.1) is 0 Å². The molecule has 1 aromatic heterocycles. The van der Waals surface area contributed by atoms with Gasteiger partial charge in [0.15, 0.2) is 0 Å². The van der Waals surface area contributed by atoms with E-state index in [-0.39, 0.29) is 0 Å². The van der Waals surface area contributed by atoms with Crippen molar-refractivity contribution in [2.24, 2.45) is 0 Å². The first-order chi connectivity index (χ1) is 14.8. The summed E-state index contributed by atoms with van der Waals surface area (Å²) in [6.07, 6.45) is 22.1. The molecular weight excluding hydrogens is 370 g/mol. The number of aromatic nitrogens is 2. The summed E-state index contributed by atoms with van der Waals surface area (Å²) in [5.41, 5.74) is 0. The van der Waals surface area contributed by atoms with Crippen molar-refractivity contribution in [3.8, 4) is 0 Å². The number of likely N-dealkylation sites (tertiary alicyclic amines) is 1. The van der Waals surface area contributed by atoms with E-state index in [0.717, 1.165) is 24.9 Å². The van der Waals surface area contributed by atoms with Gasteiger partial charge in [0.1, 0.15) is 5.82 Å². The normalized spacial score (nSPS) is 19.3. The molecule has 30 heavy (non-hydrogen) atoms. The van der Waals surface area contributed by atoms with E-state index in [1.165, 1.54) is 96.7 Å². The van der Waals surface area contributed by atoms with E-state index in [9.17, 15) is 0 Å². The van der Waals surface area contributed by atoms with Gasteiger partial charge in [-0.2, -0.15) is 4.98 Å². The Kier molecular flexibility index (Phi) is 10.5. The molecule has 5 nitrogen and oxygen atoms in total. The van der Waals surface area contributed by atoms with E-state index in [1.54, 1.807) is 0 Å². The molecule has 2 saturated heterocycles. The summed E-state index contributed by atoms with van der Waals surface area (Å²) in [4.78, 5) is 14.4. The zero-order valence-electron chi connectivity index (χ0n) is 19.2. The van der Waals surface area contributed by atoms with Crippen LogP contribution in [-0.4, -0.2) is 53.6 Å². The lowest BCUT2D eigenvalue weighted by atomic mass is 10.0. The van der Waals surface area contributed by atoms with Gasteiger partial charge < -0.3 is 15.1 Å². The Bertz CT molecular complexity index is 601. The summed E-state index contributed by atoms with van der Waals surface area (Å²) in [7, 11) is 0. The Morgan fingerprint density at radius 3 is 2.43 bits per heavy atom. The number of hydrogen-bond donors (Lipinski definition) is 1. The summed E-state index contributed by atoms with van der Waals surface area (Å²) >= 11 is 0. The Morgan fingerprint density at radius 2 is 1.70 bits per heavy atom. The first kappa shape index (κ1) is 23.1. The number of nitrogens with one attached hydrogen (secondary N) is 1. The van der Waals surface area contributed by atoms with Crippen LogP contribution in [0.5, 0.6) is 0 Å². The maximum atomic E-state index is 4.83. The summed E-state index contributed by atoms with van der Waals surface area (Å²) < 4.78 is 0. The molecule has 0 atom stereocenters. The van der Waals surface area contributed by atoms with E-state index < -0.39 is 0 Å². The van der Waals surface area contributed by atoms with Gasteiger partial charge in [0.25, 0.3) is 0 Å². The minimum atomic E-state index is 0.499. The van der Waals surface area contributed by atoms with Gasteiger partial charge in [-0.3, -0.25) is 0 Å². The van der Waals surface area contributed by atoms with Crippen LogP contribution in [0.25, 0.3) is 0 Å².